The molecule has 0 amide bonds. The highest BCUT2D eigenvalue weighted by Gasteiger charge is 2.58. The maximum absolute atomic E-state index is 12.5. The molecule has 2 N–H and O–H groups in total. The van der Waals surface area contributed by atoms with Gasteiger partial charge in [-0.3, -0.25) is 0 Å². The predicted octanol–water partition coefficient (Wildman–Crippen LogP) is 6.80. The summed E-state index contributed by atoms with van der Waals surface area (Å²) in [7, 11) is 0. The Balaban J connectivity index is 1.39. The van der Waals surface area contributed by atoms with Crippen LogP contribution in [0.5, 0.6) is 0 Å². The SMILES string of the molecule is CC12CC[C@](C)(O)CC1=CCC1C2CCC2(C)C1CC[C@@H]2CCCCC(O)C(F)(F)F. The Morgan fingerprint density at radius 1 is 1.03 bits per heavy atom. The van der Waals surface area contributed by atoms with Crippen molar-refractivity contribution in [1.82, 2.24) is 0 Å². The third-order valence-electron chi connectivity index (χ3n) is 10.2. The van der Waals surface area contributed by atoms with Gasteiger partial charge in [0, 0.05) is 0 Å². The molecule has 0 saturated heterocycles. The van der Waals surface area contributed by atoms with Crippen LogP contribution in [0, 0.1) is 34.5 Å². The smallest absolute Gasteiger partial charge is 0.390 e. The molecular weight excluding hydrogens is 401 g/mol. The number of allylic oxidation sites excluding steroid dienone is 1. The lowest BCUT2D eigenvalue weighted by atomic mass is 9.46. The fourth-order valence-corrected chi connectivity index (χ4v) is 8.28. The fraction of sp³-hybridized carbons (Fsp3) is 0.923. The quantitative estimate of drug-likeness (QED) is 0.363. The number of unbranched alkanes of at least 4 members (excludes halogenated alkanes) is 1. The molecule has 4 rings (SSSR count). The van der Waals surface area contributed by atoms with E-state index in [4.69, 9.17) is 0 Å². The van der Waals surface area contributed by atoms with Crippen molar-refractivity contribution in [2.45, 2.75) is 116 Å². The molecule has 31 heavy (non-hydrogen) atoms. The normalized spacial score (nSPS) is 46.0. The zero-order valence-electron chi connectivity index (χ0n) is 19.5. The van der Waals surface area contributed by atoms with Crippen LogP contribution in [0.2, 0.25) is 0 Å². The van der Waals surface area contributed by atoms with Crippen LogP contribution in [0.4, 0.5) is 13.2 Å². The van der Waals surface area contributed by atoms with Gasteiger partial charge in [-0.2, -0.15) is 13.2 Å². The molecule has 0 heterocycles. The van der Waals surface area contributed by atoms with Gasteiger partial charge in [-0.1, -0.05) is 38.3 Å². The van der Waals surface area contributed by atoms with Crippen molar-refractivity contribution >= 4 is 0 Å². The molecule has 0 aliphatic heterocycles. The summed E-state index contributed by atoms with van der Waals surface area (Å²) in [6, 6.07) is 0. The van der Waals surface area contributed by atoms with Gasteiger partial charge in [0.25, 0.3) is 0 Å². The Labute approximate surface area is 185 Å². The fourth-order valence-electron chi connectivity index (χ4n) is 8.28. The zero-order chi connectivity index (χ0) is 22.7. The van der Waals surface area contributed by atoms with Crippen molar-refractivity contribution < 1.29 is 23.4 Å². The maximum atomic E-state index is 12.5. The van der Waals surface area contributed by atoms with E-state index < -0.39 is 17.9 Å². The molecule has 6 unspecified atom stereocenters. The first-order valence-corrected chi connectivity index (χ1v) is 12.5. The minimum Gasteiger partial charge on any atom is -0.390 e. The van der Waals surface area contributed by atoms with Gasteiger partial charge in [0.15, 0.2) is 0 Å². The van der Waals surface area contributed by atoms with Gasteiger partial charge in [0.2, 0.25) is 0 Å². The lowest BCUT2D eigenvalue weighted by Crippen LogP contribution is -2.51. The van der Waals surface area contributed by atoms with Crippen LogP contribution in [0.3, 0.4) is 0 Å². The maximum Gasteiger partial charge on any atom is 0.414 e. The number of hydrogen-bond acceptors (Lipinski definition) is 2. The number of halogens is 3. The molecule has 0 spiro atoms. The number of hydrogen-bond donors (Lipinski definition) is 2. The van der Waals surface area contributed by atoms with Crippen LogP contribution in [0.1, 0.15) is 97.8 Å². The van der Waals surface area contributed by atoms with Gasteiger partial charge in [-0.15, -0.1) is 0 Å². The third-order valence-corrected chi connectivity index (χ3v) is 10.2. The van der Waals surface area contributed by atoms with Crippen LogP contribution in [-0.2, 0) is 0 Å². The van der Waals surface area contributed by atoms with Crippen LogP contribution in [0.15, 0.2) is 11.6 Å². The molecule has 5 heteroatoms. The lowest BCUT2D eigenvalue weighted by Gasteiger charge is -2.59. The van der Waals surface area contributed by atoms with Crippen molar-refractivity contribution in [2.75, 3.05) is 0 Å². The molecule has 4 aliphatic carbocycles. The Kier molecular flexibility index (Phi) is 6.12. The van der Waals surface area contributed by atoms with Crippen LogP contribution < -0.4 is 0 Å². The summed E-state index contributed by atoms with van der Waals surface area (Å²) in [4.78, 5) is 0. The minimum atomic E-state index is -4.49. The molecule has 3 fully saturated rings. The highest BCUT2D eigenvalue weighted by Crippen LogP contribution is 2.67. The monoisotopic (exact) mass is 442 g/mol. The van der Waals surface area contributed by atoms with E-state index >= 15 is 0 Å². The molecular formula is C26H41F3O2. The summed E-state index contributed by atoms with van der Waals surface area (Å²) < 4.78 is 37.6. The van der Waals surface area contributed by atoms with Gasteiger partial charge in [-0.25, -0.2) is 0 Å². The number of fused-ring (bicyclic) bond motifs is 5. The van der Waals surface area contributed by atoms with E-state index in [9.17, 15) is 23.4 Å². The largest absolute Gasteiger partial charge is 0.414 e. The molecule has 0 bridgehead atoms. The summed E-state index contributed by atoms with van der Waals surface area (Å²) in [6.45, 7) is 6.89. The third kappa shape index (κ3) is 4.23. The predicted molar refractivity (Wildman–Crippen MR) is 116 cm³/mol. The Morgan fingerprint density at radius 3 is 2.48 bits per heavy atom. The van der Waals surface area contributed by atoms with Gasteiger partial charge in [-0.05, 0) is 106 Å². The summed E-state index contributed by atoms with van der Waals surface area (Å²) in [6.07, 6.45) is 6.73. The molecule has 0 aromatic rings. The highest BCUT2D eigenvalue weighted by atomic mass is 19.4. The van der Waals surface area contributed by atoms with Crippen molar-refractivity contribution in [2.24, 2.45) is 34.5 Å². The standard InChI is InChI=1S/C26H41F3O2/c1-23(31)14-15-25(3)18(16-23)8-10-19-20-11-9-17(24(20,2)13-12-21(19)25)6-4-5-7-22(30)26(27,28)29/h8,17,19-22,30-31H,4-7,9-16H2,1-3H3/t17-,19?,20?,21?,22?,23-,24?,25?/m0/s1. The second-order valence-corrected chi connectivity index (χ2v) is 12.1. The number of aliphatic hydroxyl groups is 2. The van der Waals surface area contributed by atoms with Gasteiger partial charge in [0.1, 0.15) is 6.10 Å². The van der Waals surface area contributed by atoms with E-state index in [1.54, 1.807) is 0 Å². The second-order valence-electron chi connectivity index (χ2n) is 12.1. The molecule has 2 nitrogen and oxygen atoms in total. The first kappa shape index (κ1) is 23.6. The highest BCUT2D eigenvalue weighted by molar-refractivity contribution is 5.26. The van der Waals surface area contributed by atoms with Gasteiger partial charge >= 0.3 is 6.18 Å². The molecule has 8 atom stereocenters. The number of aliphatic hydroxyl groups excluding tert-OH is 1. The van der Waals surface area contributed by atoms with Gasteiger partial charge in [0.05, 0.1) is 5.60 Å². The zero-order valence-corrected chi connectivity index (χ0v) is 19.5. The average molecular weight is 443 g/mol. The van der Waals surface area contributed by atoms with E-state index in [2.05, 4.69) is 19.9 Å². The first-order valence-electron chi connectivity index (χ1n) is 12.5. The van der Waals surface area contributed by atoms with Gasteiger partial charge < -0.3 is 10.2 Å². The Morgan fingerprint density at radius 2 is 1.77 bits per heavy atom. The average Bonchev–Trinajstić information content (AvgIpc) is 3.01. The Hall–Kier alpha value is -0.550. The second kappa shape index (κ2) is 8.04. The van der Waals surface area contributed by atoms with Crippen molar-refractivity contribution in [3.05, 3.63) is 11.6 Å². The number of rotatable bonds is 5. The Bertz CT molecular complexity index is 699. The molecule has 178 valence electrons. The van der Waals surface area contributed by atoms with E-state index in [1.807, 2.05) is 6.92 Å². The van der Waals surface area contributed by atoms with Crippen LogP contribution in [-0.4, -0.2) is 28.1 Å². The minimum absolute atomic E-state index is 0.170. The molecule has 4 aliphatic rings. The van der Waals surface area contributed by atoms with Crippen molar-refractivity contribution in [1.29, 1.82) is 0 Å². The van der Waals surface area contributed by atoms with E-state index in [-0.39, 0.29) is 11.8 Å². The molecule has 0 aromatic carbocycles. The number of alkyl halides is 3. The summed E-state index contributed by atoms with van der Waals surface area (Å²) in [5, 5.41) is 19.9. The summed E-state index contributed by atoms with van der Waals surface area (Å²) in [5.74, 6) is 2.75. The molecule has 0 radical (unpaired) electrons. The topological polar surface area (TPSA) is 40.5 Å². The first-order chi connectivity index (χ1) is 14.4. The lowest BCUT2D eigenvalue weighted by molar-refractivity contribution is -0.205. The summed E-state index contributed by atoms with van der Waals surface area (Å²) >= 11 is 0. The van der Waals surface area contributed by atoms with Crippen LogP contribution in [0.25, 0.3) is 0 Å². The van der Waals surface area contributed by atoms with E-state index in [0.717, 1.165) is 38.5 Å². The van der Waals surface area contributed by atoms with E-state index in [1.165, 1.54) is 31.3 Å². The molecule has 3 saturated carbocycles. The van der Waals surface area contributed by atoms with Crippen molar-refractivity contribution in [3.63, 3.8) is 0 Å². The summed E-state index contributed by atoms with van der Waals surface area (Å²) in [5.41, 5.74) is 1.48. The molecule has 0 aromatic heterocycles. The van der Waals surface area contributed by atoms with Crippen LogP contribution >= 0.6 is 0 Å². The van der Waals surface area contributed by atoms with Crippen molar-refractivity contribution in [3.8, 4) is 0 Å². The van der Waals surface area contributed by atoms with E-state index in [0.29, 0.717) is 35.5 Å².